The van der Waals surface area contributed by atoms with Crippen LogP contribution in [0.15, 0.2) is 53.5 Å². The number of amidine groups is 1. The SMILES string of the molecule is Cc1cc(CNC(=O)c2cc(CNC3=NCCC3)cc(-c3ccc(F)nc3C)c2)ccc1Cl. The van der Waals surface area contributed by atoms with Gasteiger partial charge in [0.15, 0.2) is 0 Å². The van der Waals surface area contributed by atoms with Crippen LogP contribution in [-0.4, -0.2) is 23.3 Å². The van der Waals surface area contributed by atoms with Gasteiger partial charge in [-0.25, -0.2) is 4.98 Å². The summed E-state index contributed by atoms with van der Waals surface area (Å²) in [4.78, 5) is 21.4. The van der Waals surface area contributed by atoms with Crippen LogP contribution in [0.1, 0.15) is 45.6 Å². The molecule has 0 bridgehead atoms. The summed E-state index contributed by atoms with van der Waals surface area (Å²) in [7, 11) is 0. The molecule has 0 spiro atoms. The van der Waals surface area contributed by atoms with Crippen LogP contribution in [0, 0.1) is 19.8 Å². The minimum Gasteiger partial charge on any atom is -0.370 e. The molecule has 4 rings (SSSR count). The molecular weight excluding hydrogens is 439 g/mol. The molecule has 2 aromatic carbocycles. The van der Waals surface area contributed by atoms with E-state index in [1.165, 1.54) is 6.07 Å². The summed E-state index contributed by atoms with van der Waals surface area (Å²) in [5.74, 6) is 0.283. The molecule has 0 unspecified atom stereocenters. The lowest BCUT2D eigenvalue weighted by Crippen LogP contribution is -2.24. The molecule has 0 radical (unpaired) electrons. The van der Waals surface area contributed by atoms with Crippen LogP contribution < -0.4 is 10.6 Å². The molecule has 3 aromatic rings. The average molecular weight is 465 g/mol. The molecule has 2 heterocycles. The van der Waals surface area contributed by atoms with E-state index in [1.54, 1.807) is 13.0 Å². The minimum atomic E-state index is -0.524. The number of aryl methyl sites for hydroxylation is 2. The van der Waals surface area contributed by atoms with Gasteiger partial charge in [0.25, 0.3) is 5.91 Å². The van der Waals surface area contributed by atoms with Gasteiger partial charge < -0.3 is 10.6 Å². The van der Waals surface area contributed by atoms with Crippen molar-refractivity contribution >= 4 is 23.3 Å². The number of hydrogen-bond donors (Lipinski definition) is 2. The van der Waals surface area contributed by atoms with Crippen LogP contribution >= 0.6 is 11.6 Å². The van der Waals surface area contributed by atoms with Gasteiger partial charge in [-0.05, 0) is 78.9 Å². The van der Waals surface area contributed by atoms with Gasteiger partial charge in [0.1, 0.15) is 0 Å². The Bertz CT molecular complexity index is 1220. The minimum absolute atomic E-state index is 0.184. The summed E-state index contributed by atoms with van der Waals surface area (Å²) in [5.41, 5.74) is 5.60. The molecular formula is C26H26ClFN4O. The Morgan fingerprint density at radius 2 is 1.91 bits per heavy atom. The second-order valence-corrected chi connectivity index (χ2v) is 8.64. The smallest absolute Gasteiger partial charge is 0.251 e. The number of aliphatic imine (C=N–C) groups is 1. The Morgan fingerprint density at radius 1 is 1.06 bits per heavy atom. The van der Waals surface area contributed by atoms with Crippen LogP contribution in [0.3, 0.4) is 0 Å². The van der Waals surface area contributed by atoms with Gasteiger partial charge in [-0.15, -0.1) is 0 Å². The van der Waals surface area contributed by atoms with Gasteiger partial charge in [-0.2, -0.15) is 4.39 Å². The molecule has 1 aliphatic rings. The summed E-state index contributed by atoms with van der Waals surface area (Å²) in [6, 6.07) is 14.4. The molecule has 0 fully saturated rings. The maximum Gasteiger partial charge on any atom is 0.251 e. The number of aromatic nitrogens is 1. The summed E-state index contributed by atoms with van der Waals surface area (Å²) in [6.07, 6.45) is 2.00. The number of benzene rings is 2. The average Bonchev–Trinajstić information content (AvgIpc) is 3.32. The van der Waals surface area contributed by atoms with Crippen molar-refractivity contribution in [3.8, 4) is 11.1 Å². The second-order valence-electron chi connectivity index (χ2n) is 8.24. The maximum absolute atomic E-state index is 13.6. The first-order valence-electron chi connectivity index (χ1n) is 11.0. The molecule has 7 heteroatoms. The lowest BCUT2D eigenvalue weighted by atomic mass is 9.98. The van der Waals surface area contributed by atoms with Crippen molar-refractivity contribution in [2.24, 2.45) is 4.99 Å². The molecule has 0 saturated carbocycles. The summed E-state index contributed by atoms with van der Waals surface area (Å²) < 4.78 is 13.6. The molecule has 170 valence electrons. The zero-order valence-electron chi connectivity index (χ0n) is 18.7. The van der Waals surface area contributed by atoms with Crippen molar-refractivity contribution in [2.45, 2.75) is 39.8 Å². The van der Waals surface area contributed by atoms with Crippen LogP contribution in [-0.2, 0) is 13.1 Å². The maximum atomic E-state index is 13.6. The number of halogens is 2. The number of hydrogen-bond acceptors (Lipinski definition) is 4. The summed E-state index contributed by atoms with van der Waals surface area (Å²) in [5, 5.41) is 7.05. The number of carbonyl (C=O) groups is 1. The second kappa shape index (κ2) is 10.1. The Labute approximate surface area is 198 Å². The summed E-state index contributed by atoms with van der Waals surface area (Å²) in [6.45, 7) is 5.49. The number of pyridine rings is 1. The van der Waals surface area contributed by atoms with E-state index < -0.39 is 5.95 Å². The van der Waals surface area contributed by atoms with Gasteiger partial charge in [0, 0.05) is 47.9 Å². The zero-order chi connectivity index (χ0) is 23.4. The lowest BCUT2D eigenvalue weighted by molar-refractivity contribution is 0.0951. The Hall–Kier alpha value is -3.25. The highest BCUT2D eigenvalue weighted by Gasteiger charge is 2.13. The van der Waals surface area contributed by atoms with E-state index in [0.717, 1.165) is 53.0 Å². The van der Waals surface area contributed by atoms with Crippen molar-refractivity contribution in [3.63, 3.8) is 0 Å². The first-order valence-corrected chi connectivity index (χ1v) is 11.3. The van der Waals surface area contributed by atoms with Crippen LogP contribution in [0.25, 0.3) is 11.1 Å². The van der Waals surface area contributed by atoms with E-state index in [-0.39, 0.29) is 5.91 Å². The predicted molar refractivity (Wildman–Crippen MR) is 130 cm³/mol. The highest BCUT2D eigenvalue weighted by Crippen LogP contribution is 2.25. The number of nitrogens with zero attached hydrogens (tertiary/aromatic N) is 2. The summed E-state index contributed by atoms with van der Waals surface area (Å²) >= 11 is 6.10. The van der Waals surface area contributed by atoms with E-state index in [2.05, 4.69) is 20.6 Å². The zero-order valence-corrected chi connectivity index (χ0v) is 19.5. The van der Waals surface area contributed by atoms with Crippen molar-refractivity contribution < 1.29 is 9.18 Å². The van der Waals surface area contributed by atoms with E-state index >= 15 is 0 Å². The first kappa shape index (κ1) is 22.9. The third-order valence-corrected chi connectivity index (χ3v) is 6.09. The third-order valence-electron chi connectivity index (χ3n) is 5.66. The van der Waals surface area contributed by atoms with Gasteiger partial charge >= 0.3 is 0 Å². The largest absolute Gasteiger partial charge is 0.370 e. The number of rotatable bonds is 6. The van der Waals surface area contributed by atoms with Gasteiger partial charge in [0.2, 0.25) is 5.95 Å². The fourth-order valence-corrected chi connectivity index (χ4v) is 4.02. The van der Waals surface area contributed by atoms with Crippen LogP contribution in [0.2, 0.25) is 5.02 Å². The molecule has 33 heavy (non-hydrogen) atoms. The van der Waals surface area contributed by atoms with Crippen molar-refractivity contribution in [1.29, 1.82) is 0 Å². The topological polar surface area (TPSA) is 66.4 Å². The van der Waals surface area contributed by atoms with Crippen LogP contribution in [0.4, 0.5) is 4.39 Å². The lowest BCUT2D eigenvalue weighted by Gasteiger charge is -2.13. The van der Waals surface area contributed by atoms with Crippen molar-refractivity contribution in [2.75, 3.05) is 6.54 Å². The fraction of sp³-hybridized carbons (Fsp3) is 0.269. The molecule has 0 atom stereocenters. The molecule has 0 aliphatic carbocycles. The van der Waals surface area contributed by atoms with Crippen molar-refractivity contribution in [3.05, 3.63) is 87.4 Å². The fourth-order valence-electron chi connectivity index (χ4n) is 3.91. The molecule has 0 saturated heterocycles. The Kier molecular flexibility index (Phi) is 7.04. The van der Waals surface area contributed by atoms with E-state index in [1.807, 2.05) is 43.3 Å². The molecule has 5 nitrogen and oxygen atoms in total. The Balaban J connectivity index is 1.59. The molecule has 2 N–H and O–H groups in total. The van der Waals surface area contributed by atoms with Crippen LogP contribution in [0.5, 0.6) is 0 Å². The van der Waals surface area contributed by atoms with E-state index in [0.29, 0.717) is 29.4 Å². The first-order chi connectivity index (χ1) is 15.9. The highest BCUT2D eigenvalue weighted by molar-refractivity contribution is 6.31. The quantitative estimate of drug-likeness (QED) is 0.482. The van der Waals surface area contributed by atoms with Gasteiger partial charge in [0.05, 0.1) is 5.84 Å². The van der Waals surface area contributed by atoms with Gasteiger partial charge in [-0.3, -0.25) is 9.79 Å². The van der Waals surface area contributed by atoms with E-state index in [4.69, 9.17) is 11.6 Å². The number of amides is 1. The number of nitrogens with one attached hydrogen (secondary N) is 2. The van der Waals surface area contributed by atoms with Gasteiger partial charge in [-0.1, -0.05) is 23.7 Å². The third kappa shape index (κ3) is 5.76. The number of carbonyl (C=O) groups excluding carboxylic acids is 1. The molecule has 1 amide bonds. The van der Waals surface area contributed by atoms with E-state index in [9.17, 15) is 9.18 Å². The molecule has 1 aliphatic heterocycles. The van der Waals surface area contributed by atoms with Crippen molar-refractivity contribution in [1.82, 2.24) is 15.6 Å². The normalized spacial score (nSPS) is 13.0. The standard InChI is InChI=1S/C26H26ClFN4O/c1-16-10-18(5-7-23(16)27)14-31-26(33)21-12-19(15-30-25-4-3-9-29-25)11-20(13-21)22-6-8-24(28)32-17(22)2/h5-8,10-13H,3-4,9,14-15H2,1-2H3,(H,29,30)(H,31,33). The molecule has 1 aromatic heterocycles. The predicted octanol–water partition coefficient (Wildman–Crippen LogP) is 5.37. The highest BCUT2D eigenvalue weighted by atomic mass is 35.5. The monoisotopic (exact) mass is 464 g/mol. The Morgan fingerprint density at radius 3 is 2.64 bits per heavy atom.